The molecule has 0 aromatic carbocycles. The van der Waals surface area contributed by atoms with Crippen molar-refractivity contribution in [1.29, 1.82) is 0 Å². The smallest absolute Gasteiger partial charge is 0.410 e. The Morgan fingerprint density at radius 3 is 2.35 bits per heavy atom. The molecule has 116 valence electrons. The molecule has 0 saturated heterocycles. The lowest BCUT2D eigenvalue weighted by Crippen LogP contribution is -2.36. The van der Waals surface area contributed by atoms with Gasteiger partial charge in [-0.3, -0.25) is 0 Å². The molecule has 0 heterocycles. The molecule has 0 bridgehead atoms. The van der Waals surface area contributed by atoms with Gasteiger partial charge < -0.3 is 19.2 Å². The highest BCUT2D eigenvalue weighted by Gasteiger charge is 2.22. The van der Waals surface area contributed by atoms with Crippen LogP contribution in [0.5, 0.6) is 0 Å². The second-order valence-electron chi connectivity index (χ2n) is 6.45. The van der Waals surface area contributed by atoms with E-state index in [1.54, 1.807) is 7.05 Å². The molecule has 5 heteroatoms. The van der Waals surface area contributed by atoms with E-state index in [9.17, 15) is 9.59 Å². The van der Waals surface area contributed by atoms with Crippen molar-refractivity contribution >= 4 is 12.4 Å². The summed E-state index contributed by atoms with van der Waals surface area (Å²) in [6.45, 7) is 6.57. The van der Waals surface area contributed by atoms with E-state index in [2.05, 4.69) is 0 Å². The monoisotopic (exact) mass is 285 g/mol. The zero-order valence-electron chi connectivity index (χ0n) is 13.1. The van der Waals surface area contributed by atoms with Crippen LogP contribution in [0.3, 0.4) is 0 Å². The molecule has 0 unspecified atom stereocenters. The SMILES string of the molecule is CN(CCOC1CCC(C=O)CC1)C(=O)OC(C)(C)C. The average molecular weight is 285 g/mol. The minimum atomic E-state index is -0.473. The highest BCUT2D eigenvalue weighted by atomic mass is 16.6. The molecular weight excluding hydrogens is 258 g/mol. The maximum Gasteiger partial charge on any atom is 0.410 e. The standard InChI is InChI=1S/C15H27NO4/c1-15(2,3)20-14(18)16(4)9-10-19-13-7-5-12(11-17)6-8-13/h11-13H,5-10H2,1-4H3. The highest BCUT2D eigenvalue weighted by molar-refractivity contribution is 5.67. The van der Waals surface area contributed by atoms with Crippen molar-refractivity contribution in [2.24, 2.45) is 5.92 Å². The lowest BCUT2D eigenvalue weighted by Gasteiger charge is -2.27. The van der Waals surface area contributed by atoms with Crippen molar-refractivity contribution in [2.45, 2.75) is 58.2 Å². The third-order valence-corrected chi connectivity index (χ3v) is 3.40. The zero-order chi connectivity index (χ0) is 15.2. The van der Waals surface area contributed by atoms with Gasteiger partial charge in [-0.25, -0.2) is 4.79 Å². The number of ether oxygens (including phenoxy) is 2. The molecule has 1 amide bonds. The van der Waals surface area contributed by atoms with Crippen LogP contribution in [0.15, 0.2) is 0 Å². The summed E-state index contributed by atoms with van der Waals surface area (Å²) in [6, 6.07) is 0. The van der Waals surface area contributed by atoms with E-state index in [0.29, 0.717) is 13.2 Å². The normalized spacial score (nSPS) is 23.2. The summed E-state index contributed by atoms with van der Waals surface area (Å²) in [5, 5.41) is 0. The van der Waals surface area contributed by atoms with E-state index >= 15 is 0 Å². The molecule has 0 spiro atoms. The van der Waals surface area contributed by atoms with Gasteiger partial charge in [0.05, 0.1) is 12.7 Å². The molecule has 0 aromatic heterocycles. The summed E-state index contributed by atoms with van der Waals surface area (Å²) in [5.41, 5.74) is -0.473. The van der Waals surface area contributed by atoms with Crippen molar-refractivity contribution < 1.29 is 19.1 Å². The number of aldehydes is 1. The van der Waals surface area contributed by atoms with Crippen LogP contribution < -0.4 is 0 Å². The van der Waals surface area contributed by atoms with Gasteiger partial charge in [0, 0.05) is 19.5 Å². The van der Waals surface area contributed by atoms with E-state index in [0.717, 1.165) is 32.0 Å². The molecule has 20 heavy (non-hydrogen) atoms. The first kappa shape index (κ1) is 17.0. The molecule has 0 N–H and O–H groups in total. The Morgan fingerprint density at radius 2 is 1.85 bits per heavy atom. The predicted molar refractivity (Wildman–Crippen MR) is 76.6 cm³/mol. The van der Waals surface area contributed by atoms with Crippen LogP contribution in [0, 0.1) is 5.92 Å². The summed E-state index contributed by atoms with van der Waals surface area (Å²) in [5.74, 6) is 0.208. The van der Waals surface area contributed by atoms with Crippen LogP contribution in [0.2, 0.25) is 0 Å². The lowest BCUT2D eigenvalue weighted by molar-refractivity contribution is -0.112. The Balaban J connectivity index is 2.17. The van der Waals surface area contributed by atoms with Crippen LogP contribution in [-0.2, 0) is 14.3 Å². The number of rotatable bonds is 5. The maximum atomic E-state index is 11.7. The van der Waals surface area contributed by atoms with Gasteiger partial charge >= 0.3 is 6.09 Å². The number of hydrogen-bond donors (Lipinski definition) is 0. The Labute approximate surface area is 121 Å². The van der Waals surface area contributed by atoms with Crippen molar-refractivity contribution in [2.75, 3.05) is 20.2 Å². The fraction of sp³-hybridized carbons (Fsp3) is 0.867. The van der Waals surface area contributed by atoms with E-state index in [-0.39, 0.29) is 18.1 Å². The van der Waals surface area contributed by atoms with Crippen LogP contribution in [0.25, 0.3) is 0 Å². The molecule has 1 aliphatic rings. The summed E-state index contributed by atoms with van der Waals surface area (Å²) in [4.78, 5) is 23.9. The summed E-state index contributed by atoms with van der Waals surface area (Å²) >= 11 is 0. The van der Waals surface area contributed by atoms with Crippen molar-refractivity contribution in [3.8, 4) is 0 Å². The second-order valence-corrected chi connectivity index (χ2v) is 6.45. The number of carbonyl (C=O) groups is 2. The second kappa shape index (κ2) is 7.62. The minimum absolute atomic E-state index is 0.208. The van der Waals surface area contributed by atoms with Gasteiger partial charge in [-0.2, -0.15) is 0 Å². The van der Waals surface area contributed by atoms with E-state index in [4.69, 9.17) is 9.47 Å². The number of nitrogens with zero attached hydrogens (tertiary/aromatic N) is 1. The van der Waals surface area contributed by atoms with Crippen LogP contribution in [0.1, 0.15) is 46.5 Å². The van der Waals surface area contributed by atoms with E-state index in [1.165, 1.54) is 4.90 Å². The molecule has 0 aliphatic heterocycles. The quantitative estimate of drug-likeness (QED) is 0.729. The first-order chi connectivity index (χ1) is 9.31. The van der Waals surface area contributed by atoms with E-state index < -0.39 is 5.60 Å². The minimum Gasteiger partial charge on any atom is -0.444 e. The lowest BCUT2D eigenvalue weighted by atomic mass is 9.88. The van der Waals surface area contributed by atoms with Gasteiger partial charge in [0.15, 0.2) is 0 Å². The number of likely N-dealkylation sites (N-methyl/N-ethyl adjacent to an activating group) is 1. The topological polar surface area (TPSA) is 55.8 Å². The zero-order valence-corrected chi connectivity index (χ0v) is 13.1. The molecule has 1 rings (SSSR count). The summed E-state index contributed by atoms with van der Waals surface area (Å²) < 4.78 is 11.0. The molecule has 1 saturated carbocycles. The van der Waals surface area contributed by atoms with Crippen LogP contribution in [0.4, 0.5) is 4.79 Å². The van der Waals surface area contributed by atoms with Crippen molar-refractivity contribution in [3.05, 3.63) is 0 Å². The van der Waals surface area contributed by atoms with Gasteiger partial charge in [-0.15, -0.1) is 0 Å². The Morgan fingerprint density at radius 1 is 1.25 bits per heavy atom. The predicted octanol–water partition coefficient (Wildman–Crippen LogP) is 2.63. The van der Waals surface area contributed by atoms with E-state index in [1.807, 2.05) is 20.8 Å². The first-order valence-electron chi connectivity index (χ1n) is 7.33. The fourth-order valence-corrected chi connectivity index (χ4v) is 2.18. The van der Waals surface area contributed by atoms with Gasteiger partial charge in [0.25, 0.3) is 0 Å². The number of hydrogen-bond acceptors (Lipinski definition) is 4. The third kappa shape index (κ3) is 6.37. The van der Waals surface area contributed by atoms with Crippen LogP contribution >= 0.6 is 0 Å². The highest BCUT2D eigenvalue weighted by Crippen LogP contribution is 2.24. The van der Waals surface area contributed by atoms with Gasteiger partial charge in [0.2, 0.25) is 0 Å². The maximum absolute atomic E-state index is 11.7. The number of carbonyl (C=O) groups excluding carboxylic acids is 2. The molecule has 0 aromatic rings. The molecular formula is C15H27NO4. The Kier molecular flexibility index (Phi) is 6.46. The first-order valence-corrected chi connectivity index (χ1v) is 7.33. The van der Waals surface area contributed by atoms with Crippen molar-refractivity contribution in [1.82, 2.24) is 4.90 Å². The Bertz CT molecular complexity index is 316. The fourth-order valence-electron chi connectivity index (χ4n) is 2.18. The van der Waals surface area contributed by atoms with Gasteiger partial charge in [-0.1, -0.05) is 0 Å². The van der Waals surface area contributed by atoms with Gasteiger partial charge in [-0.05, 0) is 46.5 Å². The average Bonchev–Trinajstić information content (AvgIpc) is 2.37. The summed E-state index contributed by atoms with van der Waals surface area (Å²) in [7, 11) is 1.71. The number of amides is 1. The molecule has 1 aliphatic carbocycles. The molecule has 0 atom stereocenters. The largest absolute Gasteiger partial charge is 0.444 e. The molecule has 5 nitrogen and oxygen atoms in total. The van der Waals surface area contributed by atoms with Crippen molar-refractivity contribution in [3.63, 3.8) is 0 Å². The van der Waals surface area contributed by atoms with Gasteiger partial charge in [0.1, 0.15) is 11.9 Å². The van der Waals surface area contributed by atoms with Crippen LogP contribution in [-0.4, -0.2) is 49.2 Å². The molecule has 1 fully saturated rings. The molecule has 0 radical (unpaired) electrons. The third-order valence-electron chi connectivity index (χ3n) is 3.40. The summed E-state index contributed by atoms with van der Waals surface area (Å²) in [6.07, 6.45) is 4.63. The Hall–Kier alpha value is -1.10.